The van der Waals surface area contributed by atoms with Gasteiger partial charge in [0.05, 0.1) is 6.10 Å². The molecule has 3 fully saturated rings. The van der Waals surface area contributed by atoms with E-state index >= 15 is 0 Å². The van der Waals surface area contributed by atoms with Gasteiger partial charge in [0.2, 0.25) is 0 Å². The second-order valence-corrected chi connectivity index (χ2v) is 8.89. The third-order valence-electron chi connectivity index (χ3n) is 8.38. The monoisotopic (exact) mass is 300 g/mol. The molecule has 122 valence electrons. The molecule has 0 aromatic heterocycles. The van der Waals surface area contributed by atoms with Crippen LogP contribution in [0.25, 0.3) is 0 Å². The van der Waals surface area contributed by atoms with Gasteiger partial charge in [0, 0.05) is 0 Å². The summed E-state index contributed by atoms with van der Waals surface area (Å²) in [5.41, 5.74) is 3.78. The molecule has 6 atom stereocenters. The van der Waals surface area contributed by atoms with Crippen LogP contribution in [0.15, 0.2) is 23.8 Å². The maximum absolute atomic E-state index is 10.5. The molecule has 0 bridgehead atoms. The van der Waals surface area contributed by atoms with Crippen molar-refractivity contribution in [3.8, 4) is 0 Å². The summed E-state index contributed by atoms with van der Waals surface area (Å²) < 4.78 is 0. The molecule has 0 spiro atoms. The first-order chi connectivity index (χ1) is 10.5. The third kappa shape index (κ3) is 1.81. The summed E-state index contributed by atoms with van der Waals surface area (Å²) in [6.45, 7) is 9.04. The lowest BCUT2D eigenvalue weighted by atomic mass is 9.46. The van der Waals surface area contributed by atoms with E-state index in [1.54, 1.807) is 5.57 Å². The predicted molar refractivity (Wildman–Crippen MR) is 91.5 cm³/mol. The zero-order valence-corrected chi connectivity index (χ0v) is 14.4. The quantitative estimate of drug-likeness (QED) is 0.700. The minimum Gasteiger partial charge on any atom is -0.393 e. The number of allylic oxidation sites excluding steroid dienone is 3. The van der Waals surface area contributed by atoms with E-state index in [9.17, 15) is 5.11 Å². The number of aliphatic hydroxyl groups is 1. The molecule has 0 saturated heterocycles. The van der Waals surface area contributed by atoms with E-state index in [4.69, 9.17) is 0 Å². The fourth-order valence-corrected chi connectivity index (χ4v) is 7.09. The molecule has 4 aliphatic rings. The number of hydrogen-bond acceptors (Lipinski definition) is 1. The van der Waals surface area contributed by atoms with E-state index in [0.717, 1.165) is 24.2 Å². The number of aliphatic hydroxyl groups excluding tert-OH is 1. The van der Waals surface area contributed by atoms with Crippen LogP contribution >= 0.6 is 0 Å². The first kappa shape index (κ1) is 15.0. The molecule has 4 aliphatic carbocycles. The van der Waals surface area contributed by atoms with Crippen molar-refractivity contribution in [3.05, 3.63) is 23.8 Å². The van der Waals surface area contributed by atoms with E-state index in [0.29, 0.717) is 5.41 Å². The average Bonchev–Trinajstić information content (AvgIpc) is 2.82. The van der Waals surface area contributed by atoms with Crippen molar-refractivity contribution >= 4 is 0 Å². The molecule has 0 aromatic carbocycles. The largest absolute Gasteiger partial charge is 0.393 e. The summed E-state index contributed by atoms with van der Waals surface area (Å²) in [6, 6.07) is 0. The van der Waals surface area contributed by atoms with Crippen molar-refractivity contribution < 1.29 is 5.11 Å². The Labute approximate surface area is 135 Å². The van der Waals surface area contributed by atoms with Gasteiger partial charge in [0.25, 0.3) is 0 Å². The minimum atomic E-state index is -0.0425. The van der Waals surface area contributed by atoms with Gasteiger partial charge in [-0.1, -0.05) is 37.6 Å². The van der Waals surface area contributed by atoms with Crippen molar-refractivity contribution in [3.63, 3.8) is 0 Å². The first-order valence-electron chi connectivity index (χ1n) is 9.58. The van der Waals surface area contributed by atoms with Crippen molar-refractivity contribution in [2.24, 2.45) is 28.6 Å². The zero-order chi connectivity index (χ0) is 15.5. The molecule has 4 rings (SSSR count). The van der Waals surface area contributed by atoms with Crippen LogP contribution in [0, 0.1) is 28.6 Å². The third-order valence-corrected chi connectivity index (χ3v) is 8.38. The summed E-state index contributed by atoms with van der Waals surface area (Å²) in [5.74, 6) is 2.50. The van der Waals surface area contributed by atoms with E-state index in [-0.39, 0.29) is 11.5 Å². The van der Waals surface area contributed by atoms with E-state index in [2.05, 4.69) is 26.5 Å². The second kappa shape index (κ2) is 4.97. The van der Waals surface area contributed by atoms with E-state index in [1.165, 1.54) is 56.9 Å². The highest BCUT2D eigenvalue weighted by molar-refractivity contribution is 5.34. The van der Waals surface area contributed by atoms with Crippen LogP contribution < -0.4 is 0 Å². The molecule has 1 nitrogen and oxygen atoms in total. The molecular weight excluding hydrogens is 268 g/mol. The second-order valence-electron chi connectivity index (χ2n) is 8.89. The molecule has 0 aliphatic heterocycles. The summed E-state index contributed by atoms with van der Waals surface area (Å²) in [5, 5.41) is 10.5. The summed E-state index contributed by atoms with van der Waals surface area (Å²) in [4.78, 5) is 0. The van der Waals surface area contributed by atoms with E-state index in [1.807, 2.05) is 0 Å². The van der Waals surface area contributed by atoms with Crippen LogP contribution in [-0.4, -0.2) is 11.2 Å². The van der Waals surface area contributed by atoms with Gasteiger partial charge in [-0.15, -0.1) is 0 Å². The Balaban J connectivity index is 1.71. The zero-order valence-electron chi connectivity index (χ0n) is 14.4. The summed E-state index contributed by atoms with van der Waals surface area (Å²) in [6.07, 6.45) is 13.8. The van der Waals surface area contributed by atoms with Gasteiger partial charge >= 0.3 is 0 Å². The Bertz CT molecular complexity index is 518. The van der Waals surface area contributed by atoms with Crippen LogP contribution in [0.5, 0.6) is 0 Å². The lowest BCUT2D eigenvalue weighted by molar-refractivity contribution is -0.0780. The SMILES string of the molecule is C=C1C=C2CC[C@@H]3[C@H](CC[C@]4(C)C(O)CC[C@@H]34)[C@@]2(CC)CC1. The molecular formula is C21H32O. The van der Waals surface area contributed by atoms with Gasteiger partial charge < -0.3 is 5.11 Å². The highest BCUT2D eigenvalue weighted by Crippen LogP contribution is 2.66. The minimum absolute atomic E-state index is 0.0425. The topological polar surface area (TPSA) is 20.2 Å². The average molecular weight is 300 g/mol. The maximum atomic E-state index is 10.5. The first-order valence-corrected chi connectivity index (χ1v) is 9.58. The van der Waals surface area contributed by atoms with Gasteiger partial charge in [-0.05, 0) is 86.4 Å². The van der Waals surface area contributed by atoms with Crippen LogP contribution in [-0.2, 0) is 0 Å². The summed E-state index contributed by atoms with van der Waals surface area (Å²) >= 11 is 0. The Morgan fingerprint density at radius 2 is 1.95 bits per heavy atom. The van der Waals surface area contributed by atoms with Crippen LogP contribution in [0.1, 0.15) is 71.6 Å². The van der Waals surface area contributed by atoms with Crippen molar-refractivity contribution in [1.82, 2.24) is 0 Å². The molecule has 0 aromatic rings. The molecule has 0 amide bonds. The fraction of sp³-hybridized carbons (Fsp3) is 0.810. The Morgan fingerprint density at radius 1 is 1.14 bits per heavy atom. The van der Waals surface area contributed by atoms with Gasteiger partial charge in [0.15, 0.2) is 0 Å². The highest BCUT2D eigenvalue weighted by atomic mass is 16.3. The molecule has 0 radical (unpaired) electrons. The smallest absolute Gasteiger partial charge is 0.0596 e. The van der Waals surface area contributed by atoms with Crippen LogP contribution in [0.2, 0.25) is 0 Å². The molecule has 1 unspecified atom stereocenters. The molecule has 22 heavy (non-hydrogen) atoms. The van der Waals surface area contributed by atoms with E-state index < -0.39 is 0 Å². The van der Waals surface area contributed by atoms with Gasteiger partial charge in [-0.25, -0.2) is 0 Å². The predicted octanol–water partition coefficient (Wildman–Crippen LogP) is 5.26. The van der Waals surface area contributed by atoms with Gasteiger partial charge in [-0.3, -0.25) is 0 Å². The lowest BCUT2D eigenvalue weighted by Crippen LogP contribution is -2.51. The molecule has 3 saturated carbocycles. The van der Waals surface area contributed by atoms with Crippen LogP contribution in [0.4, 0.5) is 0 Å². The Kier molecular flexibility index (Phi) is 3.39. The number of hydrogen-bond donors (Lipinski definition) is 1. The molecule has 1 N–H and O–H groups in total. The highest BCUT2D eigenvalue weighted by Gasteiger charge is 2.59. The lowest BCUT2D eigenvalue weighted by Gasteiger charge is -2.59. The van der Waals surface area contributed by atoms with Crippen molar-refractivity contribution in [2.45, 2.75) is 77.7 Å². The summed E-state index contributed by atoms with van der Waals surface area (Å²) in [7, 11) is 0. The number of rotatable bonds is 1. The molecule has 0 heterocycles. The number of fused-ring (bicyclic) bond motifs is 5. The van der Waals surface area contributed by atoms with Gasteiger partial charge in [-0.2, -0.15) is 0 Å². The van der Waals surface area contributed by atoms with Crippen molar-refractivity contribution in [2.75, 3.05) is 0 Å². The maximum Gasteiger partial charge on any atom is 0.0596 e. The fourth-order valence-electron chi connectivity index (χ4n) is 7.09. The van der Waals surface area contributed by atoms with Gasteiger partial charge in [0.1, 0.15) is 0 Å². The normalized spacial score (nSPS) is 50.9. The molecule has 1 heteroatoms. The standard InChI is InChI=1S/C21H32O/c1-4-21-12-9-14(2)13-15(21)5-6-16-17-7-8-19(22)20(17,3)11-10-18(16)21/h13,16-19,22H,2,4-12H2,1,3H3/t16-,17-,18-,19?,20-,21-/m0/s1. The Hall–Kier alpha value is -0.560. The Morgan fingerprint density at radius 3 is 2.73 bits per heavy atom. The van der Waals surface area contributed by atoms with Crippen molar-refractivity contribution in [1.29, 1.82) is 0 Å². The van der Waals surface area contributed by atoms with Crippen LogP contribution in [0.3, 0.4) is 0 Å².